The van der Waals surface area contributed by atoms with E-state index >= 15 is 0 Å². The van der Waals surface area contributed by atoms with Crippen LogP contribution >= 0.6 is 0 Å². The van der Waals surface area contributed by atoms with Crippen molar-refractivity contribution in [2.24, 2.45) is 0 Å². The third-order valence-electron chi connectivity index (χ3n) is 6.19. The molecule has 0 fully saturated rings. The molecule has 0 aliphatic heterocycles. The maximum absolute atomic E-state index is 13.3. The normalized spacial score (nSPS) is 10.9. The first kappa shape index (κ1) is 26.6. The number of nitrogens with one attached hydrogen (secondary N) is 2. The van der Waals surface area contributed by atoms with Crippen LogP contribution < -0.4 is 21.9 Å². The van der Waals surface area contributed by atoms with Gasteiger partial charge in [0.25, 0.3) is 11.5 Å². The molecular formula is C29H30N4O5. The predicted molar refractivity (Wildman–Crippen MR) is 145 cm³/mol. The first-order valence-electron chi connectivity index (χ1n) is 12.3. The fourth-order valence-electron chi connectivity index (χ4n) is 4.09. The Bertz CT molecular complexity index is 1550. The molecule has 0 saturated heterocycles. The van der Waals surface area contributed by atoms with Gasteiger partial charge in [-0.05, 0) is 42.3 Å². The fourth-order valence-corrected chi connectivity index (χ4v) is 4.09. The maximum atomic E-state index is 13.3. The van der Waals surface area contributed by atoms with E-state index in [1.165, 1.54) is 11.7 Å². The van der Waals surface area contributed by atoms with Gasteiger partial charge in [0.15, 0.2) is 0 Å². The monoisotopic (exact) mass is 514 g/mol. The van der Waals surface area contributed by atoms with Crippen molar-refractivity contribution in [3.8, 4) is 0 Å². The van der Waals surface area contributed by atoms with Crippen molar-refractivity contribution in [3.05, 3.63) is 116 Å². The van der Waals surface area contributed by atoms with Gasteiger partial charge >= 0.3 is 5.69 Å². The molecule has 2 amide bonds. The molecule has 9 heteroatoms. The highest BCUT2D eigenvalue weighted by atomic mass is 16.5. The molecule has 9 nitrogen and oxygen atoms in total. The van der Waals surface area contributed by atoms with Gasteiger partial charge in [0.05, 0.1) is 24.1 Å². The zero-order valence-corrected chi connectivity index (χ0v) is 21.4. The second kappa shape index (κ2) is 12.2. The first-order valence-corrected chi connectivity index (χ1v) is 12.3. The molecule has 0 aliphatic carbocycles. The number of methoxy groups -OCH3 is 1. The van der Waals surface area contributed by atoms with E-state index in [1.807, 2.05) is 31.2 Å². The minimum absolute atomic E-state index is 0.000932. The summed E-state index contributed by atoms with van der Waals surface area (Å²) in [6.07, 6.45) is 0. The van der Waals surface area contributed by atoms with Crippen molar-refractivity contribution in [1.82, 2.24) is 19.8 Å². The largest absolute Gasteiger partial charge is 0.383 e. The van der Waals surface area contributed by atoms with Crippen LogP contribution in [0.2, 0.25) is 0 Å². The van der Waals surface area contributed by atoms with Crippen LogP contribution in [0.1, 0.15) is 27.0 Å². The van der Waals surface area contributed by atoms with Crippen LogP contribution in [0.25, 0.3) is 10.9 Å². The van der Waals surface area contributed by atoms with Crippen molar-refractivity contribution in [2.45, 2.75) is 26.6 Å². The van der Waals surface area contributed by atoms with Crippen LogP contribution in [0.15, 0.2) is 82.4 Å². The highest BCUT2D eigenvalue weighted by Crippen LogP contribution is 2.10. The summed E-state index contributed by atoms with van der Waals surface area (Å²) in [6.45, 7) is 2.84. The SMILES string of the molecule is COCCNC(=O)Cn1c(=O)n(Cc2ccc(C(=O)NCc3ccc(C)cc3)cc2)c(=O)c2ccccc21. The number of amides is 2. The topological polar surface area (TPSA) is 111 Å². The average molecular weight is 515 g/mol. The number of carbonyl (C=O) groups is 2. The summed E-state index contributed by atoms with van der Waals surface area (Å²) in [5.74, 6) is -0.581. The summed E-state index contributed by atoms with van der Waals surface area (Å²) in [5.41, 5.74) is 2.65. The van der Waals surface area contributed by atoms with Crippen molar-refractivity contribution >= 4 is 22.7 Å². The number of hydrogen-bond acceptors (Lipinski definition) is 5. The van der Waals surface area contributed by atoms with Gasteiger partial charge < -0.3 is 15.4 Å². The van der Waals surface area contributed by atoms with Gasteiger partial charge in [-0.2, -0.15) is 0 Å². The molecule has 0 radical (unpaired) electrons. The number of benzene rings is 3. The minimum Gasteiger partial charge on any atom is -0.383 e. The summed E-state index contributed by atoms with van der Waals surface area (Å²) < 4.78 is 7.35. The Morgan fingerprint density at radius 1 is 0.842 bits per heavy atom. The van der Waals surface area contributed by atoms with Crippen LogP contribution in [0, 0.1) is 6.92 Å². The number of nitrogens with zero attached hydrogens (tertiary/aromatic N) is 2. The van der Waals surface area contributed by atoms with E-state index in [-0.39, 0.29) is 24.9 Å². The number of carbonyl (C=O) groups excluding carboxylic acids is 2. The Morgan fingerprint density at radius 3 is 2.24 bits per heavy atom. The third-order valence-corrected chi connectivity index (χ3v) is 6.19. The molecule has 0 aliphatic rings. The highest BCUT2D eigenvalue weighted by Gasteiger charge is 2.16. The highest BCUT2D eigenvalue weighted by molar-refractivity contribution is 5.94. The van der Waals surface area contributed by atoms with E-state index < -0.39 is 11.2 Å². The summed E-state index contributed by atoms with van der Waals surface area (Å²) in [6, 6.07) is 21.4. The lowest BCUT2D eigenvalue weighted by Gasteiger charge is -2.14. The molecule has 38 heavy (non-hydrogen) atoms. The average Bonchev–Trinajstić information content (AvgIpc) is 2.93. The number of ether oxygens (including phenoxy) is 1. The molecule has 196 valence electrons. The molecular weight excluding hydrogens is 484 g/mol. The molecule has 3 aromatic carbocycles. The van der Waals surface area contributed by atoms with Gasteiger partial charge in [-0.1, -0.05) is 54.1 Å². The summed E-state index contributed by atoms with van der Waals surface area (Å²) >= 11 is 0. The first-order chi connectivity index (χ1) is 18.4. The lowest BCUT2D eigenvalue weighted by atomic mass is 10.1. The molecule has 1 heterocycles. The van der Waals surface area contributed by atoms with E-state index in [2.05, 4.69) is 10.6 Å². The third kappa shape index (κ3) is 6.24. The van der Waals surface area contributed by atoms with Crippen LogP contribution in [0.3, 0.4) is 0 Å². The molecule has 0 spiro atoms. The quantitative estimate of drug-likeness (QED) is 0.315. The van der Waals surface area contributed by atoms with E-state index in [9.17, 15) is 19.2 Å². The summed E-state index contributed by atoms with van der Waals surface area (Å²) in [5, 5.41) is 5.93. The van der Waals surface area contributed by atoms with Gasteiger partial charge in [-0.25, -0.2) is 4.79 Å². The zero-order chi connectivity index (χ0) is 27.1. The van der Waals surface area contributed by atoms with Gasteiger partial charge in [0, 0.05) is 25.8 Å². The second-order valence-electron chi connectivity index (χ2n) is 8.99. The lowest BCUT2D eigenvalue weighted by Crippen LogP contribution is -2.43. The number of fused-ring (bicyclic) bond motifs is 1. The maximum Gasteiger partial charge on any atom is 0.332 e. The number of aromatic nitrogens is 2. The molecule has 4 aromatic rings. The molecule has 0 atom stereocenters. The van der Waals surface area contributed by atoms with Gasteiger partial charge in [0.2, 0.25) is 5.91 Å². The molecule has 0 unspecified atom stereocenters. The second-order valence-corrected chi connectivity index (χ2v) is 8.99. The van der Waals surface area contributed by atoms with Crippen LogP contribution in [0.5, 0.6) is 0 Å². The number of aryl methyl sites for hydroxylation is 1. The van der Waals surface area contributed by atoms with E-state index in [0.29, 0.717) is 41.7 Å². The van der Waals surface area contributed by atoms with Gasteiger partial charge in [-0.3, -0.25) is 23.5 Å². The van der Waals surface area contributed by atoms with E-state index in [1.54, 1.807) is 48.5 Å². The number of para-hydroxylation sites is 1. The Hall–Kier alpha value is -4.50. The summed E-state index contributed by atoms with van der Waals surface area (Å²) in [4.78, 5) is 51.6. The number of hydrogen-bond donors (Lipinski definition) is 2. The molecule has 2 N–H and O–H groups in total. The Balaban J connectivity index is 1.54. The zero-order valence-electron chi connectivity index (χ0n) is 21.4. The molecule has 4 rings (SSSR count). The van der Waals surface area contributed by atoms with Crippen molar-refractivity contribution in [2.75, 3.05) is 20.3 Å². The lowest BCUT2D eigenvalue weighted by molar-refractivity contribution is -0.121. The Labute approximate surface area is 219 Å². The smallest absolute Gasteiger partial charge is 0.332 e. The standard InChI is InChI=1S/C29H30N4O5/c1-20-7-9-21(10-8-20)17-31-27(35)23-13-11-22(12-14-23)18-33-28(36)24-5-3-4-6-25(24)32(29(33)37)19-26(34)30-15-16-38-2/h3-14H,15-19H2,1-2H3,(H,30,34)(H,31,35). The van der Waals surface area contributed by atoms with Crippen molar-refractivity contribution < 1.29 is 14.3 Å². The fraction of sp³-hybridized carbons (Fsp3) is 0.241. The van der Waals surface area contributed by atoms with Crippen molar-refractivity contribution in [3.63, 3.8) is 0 Å². The van der Waals surface area contributed by atoms with E-state index in [0.717, 1.165) is 15.7 Å². The summed E-state index contributed by atoms with van der Waals surface area (Å²) in [7, 11) is 1.53. The molecule has 1 aromatic heterocycles. The molecule has 0 bridgehead atoms. The molecule has 0 saturated carbocycles. The van der Waals surface area contributed by atoms with Crippen LogP contribution in [-0.2, 0) is 29.2 Å². The minimum atomic E-state index is -0.587. The predicted octanol–water partition coefficient (Wildman–Crippen LogP) is 2.21. The Morgan fingerprint density at radius 2 is 1.53 bits per heavy atom. The van der Waals surface area contributed by atoms with E-state index in [4.69, 9.17) is 4.74 Å². The van der Waals surface area contributed by atoms with Gasteiger partial charge in [0.1, 0.15) is 6.54 Å². The number of rotatable bonds is 10. The Kier molecular flexibility index (Phi) is 8.50. The van der Waals surface area contributed by atoms with Crippen LogP contribution in [0.4, 0.5) is 0 Å². The van der Waals surface area contributed by atoms with Crippen molar-refractivity contribution in [1.29, 1.82) is 0 Å². The van der Waals surface area contributed by atoms with Gasteiger partial charge in [-0.15, -0.1) is 0 Å². The van der Waals surface area contributed by atoms with Crippen LogP contribution in [-0.4, -0.2) is 41.2 Å².